The molecule has 0 amide bonds. The number of Topliss-reactive ketones (excluding diaryl/α,β-unsaturated/α-hetero) is 1. The van der Waals surface area contributed by atoms with E-state index in [-0.39, 0.29) is 22.5 Å². The van der Waals surface area contributed by atoms with Crippen LogP contribution in [0.5, 0.6) is 0 Å². The van der Waals surface area contributed by atoms with Gasteiger partial charge in [0.15, 0.2) is 11.5 Å². The number of ketones is 1. The predicted molar refractivity (Wildman–Crippen MR) is 128 cm³/mol. The molecule has 4 rings (SSSR count). The molecule has 162 valence electrons. The topological polar surface area (TPSA) is 110 Å². The number of carbonyl (C=O) groups is 1. The van der Waals surface area contributed by atoms with E-state index >= 15 is 0 Å². The molecule has 1 aliphatic heterocycles. The number of aliphatic hydroxyl groups is 1. The molecule has 0 saturated carbocycles. The van der Waals surface area contributed by atoms with Gasteiger partial charge in [-0.1, -0.05) is 95.5 Å². The Morgan fingerprint density at radius 1 is 1.00 bits per heavy atom. The van der Waals surface area contributed by atoms with Crippen LogP contribution in [0.15, 0.2) is 95.5 Å². The first kappa shape index (κ1) is 23.5. The Bertz CT molecular complexity index is 1190. The molecule has 0 fully saturated rings. The maximum Gasteiger partial charge on any atom is 0.172 e. The van der Waals surface area contributed by atoms with Crippen molar-refractivity contribution in [3.05, 3.63) is 117 Å². The molecule has 3 aromatic carbocycles. The van der Waals surface area contributed by atoms with E-state index in [0.29, 0.717) is 21.7 Å². The fraction of sp³-hybridized carbons (Fsp3) is 0.120. The molecule has 0 bridgehead atoms. The van der Waals surface area contributed by atoms with Gasteiger partial charge in [0.25, 0.3) is 0 Å². The standard InChI is InChI=1S/C25H19ClN2O2S.H3N/c26-20-14-8-7-13-18(20)21-19(15-27)24(31)28-25(30,17-11-5-2-6-12-17)22(21)23(29)16-9-3-1-4-10-16;/h1-14,21-22,28,30-31H;1H3. The minimum atomic E-state index is -1.84. The largest absolute Gasteiger partial charge is 0.762 e. The molecular weight excluding hydrogens is 442 g/mol. The van der Waals surface area contributed by atoms with Gasteiger partial charge in [0.2, 0.25) is 0 Å². The summed E-state index contributed by atoms with van der Waals surface area (Å²) < 4.78 is 0. The fourth-order valence-electron chi connectivity index (χ4n) is 4.12. The number of hydrogen-bond donors (Lipinski definition) is 3. The Kier molecular flexibility index (Phi) is 6.97. The van der Waals surface area contributed by atoms with Crippen molar-refractivity contribution in [2.45, 2.75) is 11.6 Å². The molecule has 1 aliphatic rings. The van der Waals surface area contributed by atoms with Gasteiger partial charge in [-0.25, -0.2) is 0 Å². The van der Waals surface area contributed by atoms with Crippen molar-refractivity contribution in [1.82, 2.24) is 11.5 Å². The van der Waals surface area contributed by atoms with Crippen LogP contribution in [0, 0.1) is 17.2 Å². The molecule has 0 spiro atoms. The molecule has 5 nitrogen and oxygen atoms in total. The number of quaternary nitrogens is 1. The SMILES string of the molecule is N#CC1=C([S-])NC(O)(c2ccccc2)C(C(=O)c2ccccc2)C1c1ccccc1Cl.[NH4+]. The quantitative estimate of drug-likeness (QED) is 0.371. The number of nitriles is 1. The summed E-state index contributed by atoms with van der Waals surface area (Å²) >= 11 is 12.0. The average Bonchev–Trinajstić information content (AvgIpc) is 2.80. The van der Waals surface area contributed by atoms with Crippen molar-refractivity contribution in [3.63, 3.8) is 0 Å². The molecule has 0 saturated heterocycles. The Labute approximate surface area is 197 Å². The van der Waals surface area contributed by atoms with Gasteiger partial charge in [-0.3, -0.25) is 4.79 Å². The summed E-state index contributed by atoms with van der Waals surface area (Å²) in [5.74, 6) is -2.23. The summed E-state index contributed by atoms with van der Waals surface area (Å²) in [5, 5.41) is 25.3. The molecule has 1 heterocycles. The highest BCUT2D eigenvalue weighted by atomic mass is 35.5. The van der Waals surface area contributed by atoms with Gasteiger partial charge >= 0.3 is 0 Å². The molecule has 3 aromatic rings. The van der Waals surface area contributed by atoms with Crippen LogP contribution >= 0.6 is 11.6 Å². The van der Waals surface area contributed by atoms with Crippen LogP contribution in [-0.2, 0) is 18.4 Å². The number of hydrogen-bond acceptors (Lipinski definition) is 5. The van der Waals surface area contributed by atoms with E-state index in [4.69, 9.17) is 24.2 Å². The van der Waals surface area contributed by atoms with E-state index in [0.717, 1.165) is 0 Å². The number of nitrogens with zero attached hydrogens (tertiary/aromatic N) is 1. The Hall–Kier alpha value is -3.21. The van der Waals surface area contributed by atoms with Gasteiger partial charge in [-0.15, -0.1) is 0 Å². The van der Waals surface area contributed by atoms with Crippen molar-refractivity contribution in [2.75, 3.05) is 0 Å². The van der Waals surface area contributed by atoms with Crippen molar-refractivity contribution in [2.24, 2.45) is 5.92 Å². The maximum atomic E-state index is 13.8. The summed E-state index contributed by atoms with van der Waals surface area (Å²) in [6, 6.07) is 26.7. The third kappa shape index (κ3) is 3.99. The highest BCUT2D eigenvalue weighted by Crippen LogP contribution is 2.48. The summed E-state index contributed by atoms with van der Waals surface area (Å²) in [6.07, 6.45) is 0. The molecule has 32 heavy (non-hydrogen) atoms. The smallest absolute Gasteiger partial charge is 0.172 e. The third-order valence-electron chi connectivity index (χ3n) is 5.56. The lowest BCUT2D eigenvalue weighted by molar-refractivity contribution is -0.0461. The lowest BCUT2D eigenvalue weighted by Crippen LogP contribution is -2.56. The normalized spacial score (nSPS) is 22.3. The zero-order chi connectivity index (χ0) is 22.0. The second kappa shape index (κ2) is 9.51. The van der Waals surface area contributed by atoms with Gasteiger partial charge in [0.1, 0.15) is 0 Å². The van der Waals surface area contributed by atoms with Crippen molar-refractivity contribution in [3.8, 4) is 6.07 Å². The first-order valence-corrected chi connectivity index (χ1v) is 10.5. The van der Waals surface area contributed by atoms with Crippen LogP contribution in [0.25, 0.3) is 0 Å². The van der Waals surface area contributed by atoms with Gasteiger partial charge in [-0.05, 0) is 11.6 Å². The van der Waals surface area contributed by atoms with Crippen LogP contribution < -0.4 is 11.5 Å². The summed E-state index contributed by atoms with van der Waals surface area (Å²) in [6.45, 7) is 0. The minimum Gasteiger partial charge on any atom is -0.762 e. The van der Waals surface area contributed by atoms with Crippen LogP contribution in [0.3, 0.4) is 0 Å². The van der Waals surface area contributed by atoms with Gasteiger partial charge in [0, 0.05) is 27.6 Å². The van der Waals surface area contributed by atoms with Gasteiger partial charge in [0.05, 0.1) is 12.0 Å². The van der Waals surface area contributed by atoms with E-state index in [1.807, 2.05) is 12.1 Å². The van der Waals surface area contributed by atoms with Gasteiger partial charge in [-0.2, -0.15) is 5.26 Å². The van der Waals surface area contributed by atoms with Crippen LogP contribution in [0.4, 0.5) is 0 Å². The Balaban J connectivity index is 0.00000289. The average molecular weight is 464 g/mol. The first-order chi connectivity index (χ1) is 15.0. The molecule has 0 radical (unpaired) electrons. The molecule has 6 N–H and O–H groups in total. The highest BCUT2D eigenvalue weighted by molar-refractivity contribution is 7.63. The highest BCUT2D eigenvalue weighted by Gasteiger charge is 2.52. The number of rotatable bonds is 4. The van der Waals surface area contributed by atoms with E-state index in [2.05, 4.69) is 11.4 Å². The second-order valence-electron chi connectivity index (χ2n) is 7.32. The molecular formula is C25H22ClN3O2S. The van der Waals surface area contributed by atoms with E-state index < -0.39 is 17.6 Å². The summed E-state index contributed by atoms with van der Waals surface area (Å²) in [5.41, 5.74) is -0.187. The number of carbonyl (C=O) groups excluding carboxylic acids is 1. The van der Waals surface area contributed by atoms with Crippen LogP contribution in [0.1, 0.15) is 27.4 Å². The van der Waals surface area contributed by atoms with E-state index in [1.165, 1.54) is 0 Å². The zero-order valence-electron chi connectivity index (χ0n) is 17.3. The summed E-state index contributed by atoms with van der Waals surface area (Å²) in [4.78, 5) is 13.8. The predicted octanol–water partition coefficient (Wildman–Crippen LogP) is 5.03. The monoisotopic (exact) mass is 463 g/mol. The third-order valence-corrected chi connectivity index (χ3v) is 6.22. The van der Waals surface area contributed by atoms with Crippen molar-refractivity contribution >= 4 is 30.0 Å². The molecule has 3 atom stereocenters. The Morgan fingerprint density at radius 3 is 2.16 bits per heavy atom. The van der Waals surface area contributed by atoms with E-state index in [9.17, 15) is 15.2 Å². The Morgan fingerprint density at radius 2 is 1.56 bits per heavy atom. The number of nitrogens with one attached hydrogen (secondary N) is 1. The summed E-state index contributed by atoms with van der Waals surface area (Å²) in [7, 11) is 0. The minimum absolute atomic E-state index is 0. The number of allylic oxidation sites excluding steroid dienone is 1. The van der Waals surface area contributed by atoms with Crippen molar-refractivity contribution in [1.29, 1.82) is 5.26 Å². The number of benzene rings is 3. The fourth-order valence-corrected chi connectivity index (χ4v) is 4.70. The molecule has 3 unspecified atom stereocenters. The second-order valence-corrected chi connectivity index (χ2v) is 8.13. The number of halogens is 1. The van der Waals surface area contributed by atoms with Crippen LogP contribution in [-0.4, -0.2) is 10.9 Å². The molecule has 7 heteroatoms. The lowest BCUT2D eigenvalue weighted by Gasteiger charge is -2.48. The maximum absolute atomic E-state index is 13.8. The lowest BCUT2D eigenvalue weighted by atomic mass is 9.68. The first-order valence-electron chi connectivity index (χ1n) is 9.68. The van der Waals surface area contributed by atoms with E-state index in [1.54, 1.807) is 72.8 Å². The van der Waals surface area contributed by atoms with Crippen LogP contribution in [0.2, 0.25) is 5.02 Å². The molecule has 0 aromatic heterocycles. The van der Waals surface area contributed by atoms with Crippen molar-refractivity contribution < 1.29 is 9.90 Å². The molecule has 0 aliphatic carbocycles. The van der Waals surface area contributed by atoms with Gasteiger partial charge < -0.3 is 29.2 Å². The zero-order valence-corrected chi connectivity index (χ0v) is 18.9.